The second kappa shape index (κ2) is 9.06. The van der Waals surface area contributed by atoms with Crippen molar-refractivity contribution in [3.63, 3.8) is 0 Å². The van der Waals surface area contributed by atoms with E-state index in [9.17, 15) is 4.79 Å². The summed E-state index contributed by atoms with van der Waals surface area (Å²) in [6.07, 6.45) is 0. The summed E-state index contributed by atoms with van der Waals surface area (Å²) in [5.74, 6) is 0.480. The molecule has 1 fully saturated rings. The van der Waals surface area contributed by atoms with Crippen molar-refractivity contribution in [3.8, 4) is 11.3 Å². The van der Waals surface area contributed by atoms with Crippen molar-refractivity contribution in [2.75, 3.05) is 36.4 Å². The molecule has 0 radical (unpaired) electrons. The Morgan fingerprint density at radius 2 is 1.70 bits per heavy atom. The number of halogens is 1. The highest BCUT2D eigenvalue weighted by molar-refractivity contribution is 7.14. The molecule has 156 valence electrons. The zero-order valence-electron chi connectivity index (χ0n) is 17.1. The number of carbonyl (C=O) groups excluding carboxylic acids is 1. The first-order chi connectivity index (χ1) is 14.5. The SMILES string of the molecule is CC(C)c1ccc(NC(=O)N2CCN(c3nc(-c4ccc(Cl)cc4)cs3)CC2)cc1. The van der Waals surface area contributed by atoms with Gasteiger partial charge in [0.1, 0.15) is 0 Å². The van der Waals surface area contributed by atoms with Crippen molar-refractivity contribution < 1.29 is 4.79 Å². The van der Waals surface area contributed by atoms with Crippen molar-refractivity contribution in [1.82, 2.24) is 9.88 Å². The summed E-state index contributed by atoms with van der Waals surface area (Å²) >= 11 is 7.61. The first-order valence-corrected chi connectivity index (χ1v) is 11.4. The number of piperazine rings is 1. The molecule has 2 heterocycles. The Balaban J connectivity index is 1.32. The second-order valence-corrected chi connectivity index (χ2v) is 8.98. The molecule has 4 rings (SSSR count). The predicted molar refractivity (Wildman–Crippen MR) is 126 cm³/mol. The molecule has 0 bridgehead atoms. The lowest BCUT2D eigenvalue weighted by Gasteiger charge is -2.34. The Morgan fingerprint density at radius 3 is 2.33 bits per heavy atom. The number of benzene rings is 2. The normalized spacial score (nSPS) is 14.3. The maximum Gasteiger partial charge on any atom is 0.321 e. The van der Waals surface area contributed by atoms with Crippen molar-refractivity contribution in [2.45, 2.75) is 19.8 Å². The molecule has 5 nitrogen and oxygen atoms in total. The fraction of sp³-hybridized carbons (Fsp3) is 0.304. The predicted octanol–water partition coefficient (Wildman–Crippen LogP) is 5.94. The van der Waals surface area contributed by atoms with E-state index in [-0.39, 0.29) is 6.03 Å². The molecule has 0 aliphatic carbocycles. The van der Waals surface area contributed by atoms with Crippen LogP contribution >= 0.6 is 22.9 Å². The first kappa shape index (κ1) is 20.7. The van der Waals surface area contributed by atoms with E-state index >= 15 is 0 Å². The minimum Gasteiger partial charge on any atom is -0.345 e. The summed E-state index contributed by atoms with van der Waals surface area (Å²) in [5, 5.41) is 6.79. The van der Waals surface area contributed by atoms with Gasteiger partial charge in [0.05, 0.1) is 5.69 Å². The standard InChI is InChI=1S/C23H25ClN4OS/c1-16(2)17-5-9-20(10-6-17)25-22(29)27-11-13-28(14-12-27)23-26-21(15-30-23)18-3-7-19(24)8-4-18/h3-10,15-16H,11-14H2,1-2H3,(H,25,29). The first-order valence-electron chi connectivity index (χ1n) is 10.1. The summed E-state index contributed by atoms with van der Waals surface area (Å²) in [6.45, 7) is 7.21. The smallest absolute Gasteiger partial charge is 0.321 e. The molecule has 0 spiro atoms. The highest BCUT2D eigenvalue weighted by Crippen LogP contribution is 2.29. The van der Waals surface area contributed by atoms with E-state index in [2.05, 4.69) is 41.6 Å². The Labute approximate surface area is 186 Å². The third-order valence-electron chi connectivity index (χ3n) is 5.30. The van der Waals surface area contributed by atoms with Gasteiger partial charge in [0.25, 0.3) is 0 Å². The van der Waals surface area contributed by atoms with Gasteiger partial charge in [-0.15, -0.1) is 11.3 Å². The molecule has 0 saturated carbocycles. The van der Waals surface area contributed by atoms with Crippen LogP contribution in [0.5, 0.6) is 0 Å². The van der Waals surface area contributed by atoms with Crippen LogP contribution in [0.1, 0.15) is 25.3 Å². The number of carbonyl (C=O) groups is 1. The third kappa shape index (κ3) is 4.77. The van der Waals surface area contributed by atoms with Crippen molar-refractivity contribution in [1.29, 1.82) is 0 Å². The van der Waals surface area contributed by atoms with Gasteiger partial charge in [0.2, 0.25) is 0 Å². The fourth-order valence-corrected chi connectivity index (χ4v) is 4.43. The molecule has 7 heteroatoms. The average Bonchev–Trinajstić information content (AvgIpc) is 3.25. The van der Waals surface area contributed by atoms with Crippen molar-refractivity contribution in [2.24, 2.45) is 0 Å². The molecule has 1 aliphatic rings. The number of aromatic nitrogens is 1. The maximum absolute atomic E-state index is 12.6. The quantitative estimate of drug-likeness (QED) is 0.546. The monoisotopic (exact) mass is 440 g/mol. The number of nitrogens with one attached hydrogen (secondary N) is 1. The number of amides is 2. The van der Waals surface area contributed by atoms with Crippen LogP contribution in [0.3, 0.4) is 0 Å². The third-order valence-corrected chi connectivity index (χ3v) is 6.45. The number of anilines is 2. The summed E-state index contributed by atoms with van der Waals surface area (Å²) in [5.41, 5.74) is 4.11. The van der Waals surface area contributed by atoms with Crippen LogP contribution in [0.4, 0.5) is 15.6 Å². The molecule has 2 aromatic carbocycles. The van der Waals surface area contributed by atoms with E-state index in [1.807, 2.05) is 41.3 Å². The number of hydrogen-bond donors (Lipinski definition) is 1. The molecule has 1 aliphatic heterocycles. The van der Waals surface area contributed by atoms with Gasteiger partial charge in [-0.05, 0) is 35.7 Å². The van der Waals surface area contributed by atoms with Gasteiger partial charge in [-0.25, -0.2) is 9.78 Å². The fourth-order valence-electron chi connectivity index (χ4n) is 3.42. The second-order valence-electron chi connectivity index (χ2n) is 7.70. The number of nitrogens with zero attached hydrogens (tertiary/aromatic N) is 3. The highest BCUT2D eigenvalue weighted by Gasteiger charge is 2.23. The molecular weight excluding hydrogens is 416 g/mol. The number of rotatable bonds is 4. The van der Waals surface area contributed by atoms with Crippen LogP contribution in [0.15, 0.2) is 53.9 Å². The molecule has 1 saturated heterocycles. The molecule has 0 unspecified atom stereocenters. The van der Waals surface area contributed by atoms with Crippen LogP contribution in [-0.4, -0.2) is 42.1 Å². The molecule has 2 amide bonds. The zero-order valence-corrected chi connectivity index (χ0v) is 18.7. The van der Waals surface area contributed by atoms with Crippen LogP contribution in [0.2, 0.25) is 5.02 Å². The summed E-state index contributed by atoms with van der Waals surface area (Å²) in [7, 11) is 0. The van der Waals surface area contributed by atoms with Crippen LogP contribution in [0, 0.1) is 0 Å². The Hall–Kier alpha value is -2.57. The van der Waals surface area contributed by atoms with Crippen LogP contribution < -0.4 is 10.2 Å². The molecule has 30 heavy (non-hydrogen) atoms. The largest absolute Gasteiger partial charge is 0.345 e. The molecular formula is C23H25ClN4OS. The number of hydrogen-bond acceptors (Lipinski definition) is 4. The minimum absolute atomic E-state index is 0.0482. The summed E-state index contributed by atoms with van der Waals surface area (Å²) < 4.78 is 0. The Morgan fingerprint density at radius 1 is 1.03 bits per heavy atom. The summed E-state index contributed by atoms with van der Waals surface area (Å²) in [6, 6.07) is 15.8. The van der Waals surface area contributed by atoms with Gasteiger partial charge >= 0.3 is 6.03 Å². The summed E-state index contributed by atoms with van der Waals surface area (Å²) in [4.78, 5) is 21.5. The van der Waals surface area contributed by atoms with E-state index in [0.717, 1.165) is 40.2 Å². The van der Waals surface area contributed by atoms with E-state index in [4.69, 9.17) is 16.6 Å². The lowest BCUT2D eigenvalue weighted by Crippen LogP contribution is -2.50. The van der Waals surface area contributed by atoms with Gasteiger partial charge in [-0.1, -0.05) is 49.7 Å². The van der Waals surface area contributed by atoms with Crippen molar-refractivity contribution >= 4 is 39.8 Å². The minimum atomic E-state index is -0.0482. The Bertz CT molecular complexity index is 993. The highest BCUT2D eigenvalue weighted by atomic mass is 35.5. The van der Waals surface area contributed by atoms with Crippen LogP contribution in [-0.2, 0) is 0 Å². The molecule has 0 atom stereocenters. The lowest BCUT2D eigenvalue weighted by atomic mass is 10.0. The average molecular weight is 441 g/mol. The van der Waals surface area contributed by atoms with Gasteiger partial charge < -0.3 is 15.1 Å². The maximum atomic E-state index is 12.6. The van der Waals surface area contributed by atoms with Gasteiger partial charge in [0, 0.05) is 47.8 Å². The molecule has 3 aromatic rings. The zero-order chi connectivity index (χ0) is 21.1. The van der Waals surface area contributed by atoms with E-state index in [1.54, 1.807) is 11.3 Å². The van der Waals surface area contributed by atoms with Gasteiger partial charge in [-0.3, -0.25) is 0 Å². The van der Waals surface area contributed by atoms with E-state index < -0.39 is 0 Å². The van der Waals surface area contributed by atoms with Crippen molar-refractivity contribution in [3.05, 3.63) is 64.5 Å². The number of thiazole rings is 1. The van der Waals surface area contributed by atoms with Gasteiger partial charge in [0.15, 0.2) is 5.13 Å². The number of urea groups is 1. The molecule has 1 aromatic heterocycles. The van der Waals surface area contributed by atoms with Crippen LogP contribution in [0.25, 0.3) is 11.3 Å². The molecule has 1 N–H and O–H groups in total. The van der Waals surface area contributed by atoms with E-state index in [0.29, 0.717) is 19.0 Å². The lowest BCUT2D eigenvalue weighted by molar-refractivity contribution is 0.208. The topological polar surface area (TPSA) is 48.5 Å². The Kier molecular flexibility index (Phi) is 6.25. The van der Waals surface area contributed by atoms with E-state index in [1.165, 1.54) is 5.56 Å². The van der Waals surface area contributed by atoms with Gasteiger partial charge in [-0.2, -0.15) is 0 Å².